The van der Waals surface area contributed by atoms with Crippen LogP contribution in [0.2, 0.25) is 4.34 Å². The highest BCUT2D eigenvalue weighted by molar-refractivity contribution is 7.23. The van der Waals surface area contributed by atoms with Gasteiger partial charge >= 0.3 is 0 Å². The van der Waals surface area contributed by atoms with E-state index in [0.717, 1.165) is 37.0 Å². The zero-order chi connectivity index (χ0) is 19.8. The number of aromatic amines is 1. The molecule has 1 aromatic carbocycles. The maximum Gasteiger partial charge on any atom is 0.230 e. The summed E-state index contributed by atoms with van der Waals surface area (Å²) >= 11 is 8.98. The Labute approximate surface area is 180 Å². The molecule has 1 aliphatic carbocycles. The molecule has 1 saturated carbocycles. The van der Waals surface area contributed by atoms with Crippen LogP contribution in [0.1, 0.15) is 30.3 Å². The van der Waals surface area contributed by atoms with Crippen LogP contribution < -0.4 is 5.32 Å². The van der Waals surface area contributed by atoms with Crippen molar-refractivity contribution < 1.29 is 4.79 Å². The molecule has 3 heterocycles. The zero-order valence-corrected chi connectivity index (χ0v) is 17.6. The average molecular weight is 442 g/mol. The number of thiophene rings is 1. The fourth-order valence-electron chi connectivity index (χ4n) is 2.95. The number of anilines is 1. The summed E-state index contributed by atoms with van der Waals surface area (Å²) in [5.74, 6) is 2.09. The second-order valence-corrected chi connectivity index (χ2v) is 9.44. The van der Waals surface area contributed by atoms with Crippen molar-refractivity contribution in [2.45, 2.75) is 25.2 Å². The summed E-state index contributed by atoms with van der Waals surface area (Å²) in [6.45, 7) is 0. The van der Waals surface area contributed by atoms with Crippen LogP contribution in [-0.2, 0) is 11.2 Å². The van der Waals surface area contributed by atoms with Gasteiger partial charge in [-0.25, -0.2) is 9.97 Å². The number of hydrogen-bond acceptors (Lipinski definition) is 6. The number of thiazole rings is 1. The van der Waals surface area contributed by atoms with Crippen LogP contribution in [0.5, 0.6) is 0 Å². The largest absolute Gasteiger partial charge is 0.326 e. The standard InChI is InChI=1S/C20H16ClN5OS2/c21-16-8-7-15(29-16)20-23-14(10-28-20)9-17(27)22-13-5-3-12(4-6-13)19-24-18(25-26-19)11-1-2-11/h3-8,10-11H,1-2,9H2,(H,22,27)(H,24,25,26). The van der Waals surface area contributed by atoms with Gasteiger partial charge in [0.05, 0.1) is 21.3 Å². The van der Waals surface area contributed by atoms with Crippen LogP contribution in [0.3, 0.4) is 0 Å². The van der Waals surface area contributed by atoms with Crippen molar-refractivity contribution in [1.29, 1.82) is 0 Å². The maximum atomic E-state index is 12.4. The number of hydrogen-bond donors (Lipinski definition) is 2. The lowest BCUT2D eigenvalue weighted by Gasteiger charge is -2.04. The molecule has 0 unspecified atom stereocenters. The molecule has 1 amide bonds. The molecule has 0 radical (unpaired) electrons. The van der Waals surface area contributed by atoms with E-state index < -0.39 is 0 Å². The summed E-state index contributed by atoms with van der Waals surface area (Å²) in [7, 11) is 0. The van der Waals surface area contributed by atoms with Gasteiger partial charge in [0.2, 0.25) is 5.91 Å². The zero-order valence-electron chi connectivity index (χ0n) is 15.2. The Bertz CT molecular complexity index is 1160. The number of nitrogens with one attached hydrogen (secondary N) is 2. The van der Waals surface area contributed by atoms with Crippen molar-refractivity contribution in [1.82, 2.24) is 20.2 Å². The topological polar surface area (TPSA) is 83.6 Å². The summed E-state index contributed by atoms with van der Waals surface area (Å²) in [4.78, 5) is 22.5. The lowest BCUT2D eigenvalue weighted by Crippen LogP contribution is -2.14. The van der Waals surface area contributed by atoms with Crippen molar-refractivity contribution >= 4 is 45.9 Å². The van der Waals surface area contributed by atoms with Gasteiger partial charge in [-0.3, -0.25) is 9.89 Å². The Kier molecular flexibility index (Phi) is 4.91. The molecule has 0 spiro atoms. The molecule has 29 heavy (non-hydrogen) atoms. The number of H-pyrrole nitrogens is 1. The Hall–Kier alpha value is -2.55. The van der Waals surface area contributed by atoms with Crippen LogP contribution in [-0.4, -0.2) is 26.1 Å². The summed E-state index contributed by atoms with van der Waals surface area (Å²) in [5, 5.41) is 13.0. The van der Waals surface area contributed by atoms with Gasteiger partial charge in [0.15, 0.2) is 5.82 Å². The lowest BCUT2D eigenvalue weighted by atomic mass is 10.2. The third-order valence-corrected chi connectivity index (χ3v) is 6.86. The molecule has 146 valence electrons. The Balaban J connectivity index is 1.21. The minimum Gasteiger partial charge on any atom is -0.326 e. The van der Waals surface area contributed by atoms with E-state index >= 15 is 0 Å². The third kappa shape index (κ3) is 4.24. The average Bonchev–Trinajstić information content (AvgIpc) is 3.08. The van der Waals surface area contributed by atoms with E-state index in [2.05, 4.69) is 25.5 Å². The van der Waals surface area contributed by atoms with Gasteiger partial charge in [0.25, 0.3) is 0 Å². The van der Waals surface area contributed by atoms with Crippen LogP contribution in [0.25, 0.3) is 21.3 Å². The summed E-state index contributed by atoms with van der Waals surface area (Å²) in [6, 6.07) is 11.3. The van der Waals surface area contributed by atoms with Crippen LogP contribution in [0, 0.1) is 0 Å². The van der Waals surface area contributed by atoms with Crippen LogP contribution in [0.4, 0.5) is 5.69 Å². The Morgan fingerprint density at radius 3 is 2.72 bits per heavy atom. The van der Waals surface area contributed by atoms with Crippen molar-refractivity contribution in [3.05, 3.63) is 57.6 Å². The Morgan fingerprint density at radius 1 is 1.17 bits per heavy atom. The number of rotatable bonds is 6. The van der Waals surface area contributed by atoms with E-state index in [1.807, 2.05) is 41.8 Å². The molecule has 4 aromatic rings. The van der Waals surface area contributed by atoms with Crippen LogP contribution >= 0.6 is 34.3 Å². The molecule has 9 heteroatoms. The molecule has 0 saturated heterocycles. The minimum absolute atomic E-state index is 0.104. The number of carbonyl (C=O) groups excluding carboxylic acids is 1. The number of nitrogens with zero attached hydrogens (tertiary/aromatic N) is 3. The molecular formula is C20H16ClN5OS2. The predicted molar refractivity (Wildman–Crippen MR) is 117 cm³/mol. The first-order valence-corrected chi connectivity index (χ1v) is 11.2. The van der Waals surface area contributed by atoms with E-state index in [1.54, 1.807) is 0 Å². The molecule has 0 bridgehead atoms. The lowest BCUT2D eigenvalue weighted by molar-refractivity contribution is -0.115. The molecule has 1 aliphatic rings. The SMILES string of the molecule is O=C(Cc1csc(-c2ccc(Cl)s2)n1)Nc1ccc(-c2n[nH]c(C3CC3)n2)cc1. The summed E-state index contributed by atoms with van der Waals surface area (Å²) in [6.07, 6.45) is 2.59. The second kappa shape index (κ2) is 7.70. The molecule has 2 N–H and O–H groups in total. The number of benzene rings is 1. The highest BCUT2D eigenvalue weighted by Gasteiger charge is 2.27. The second-order valence-electron chi connectivity index (χ2n) is 6.87. The fourth-order valence-corrected chi connectivity index (χ4v) is 4.88. The van der Waals surface area contributed by atoms with Gasteiger partial charge < -0.3 is 5.32 Å². The third-order valence-electron chi connectivity index (χ3n) is 4.57. The van der Waals surface area contributed by atoms with Gasteiger partial charge in [-0.05, 0) is 49.2 Å². The van der Waals surface area contributed by atoms with Crippen molar-refractivity contribution in [2.75, 3.05) is 5.32 Å². The first-order chi connectivity index (χ1) is 14.1. The maximum absolute atomic E-state index is 12.4. The monoisotopic (exact) mass is 441 g/mol. The van der Waals surface area contributed by atoms with Gasteiger partial charge in [-0.2, -0.15) is 5.10 Å². The van der Waals surface area contributed by atoms with Crippen molar-refractivity contribution in [3.8, 4) is 21.3 Å². The smallest absolute Gasteiger partial charge is 0.230 e. The molecule has 0 atom stereocenters. The first-order valence-electron chi connectivity index (χ1n) is 9.17. The predicted octanol–water partition coefficient (Wildman–Crippen LogP) is 5.37. The van der Waals surface area contributed by atoms with Crippen LogP contribution in [0.15, 0.2) is 41.8 Å². The number of amides is 1. The quantitative estimate of drug-likeness (QED) is 0.421. The number of carbonyl (C=O) groups is 1. The molecule has 3 aromatic heterocycles. The molecule has 0 aliphatic heterocycles. The van der Waals surface area contributed by atoms with E-state index in [9.17, 15) is 4.79 Å². The highest BCUT2D eigenvalue weighted by atomic mass is 35.5. The molecular weight excluding hydrogens is 426 g/mol. The summed E-state index contributed by atoms with van der Waals surface area (Å²) in [5.41, 5.74) is 2.40. The van der Waals surface area contributed by atoms with E-state index in [-0.39, 0.29) is 12.3 Å². The number of halogens is 1. The normalized spacial score (nSPS) is 13.6. The van der Waals surface area contributed by atoms with Gasteiger partial charge in [-0.1, -0.05) is 11.6 Å². The van der Waals surface area contributed by atoms with Crippen molar-refractivity contribution in [3.63, 3.8) is 0 Å². The Morgan fingerprint density at radius 2 is 2.00 bits per heavy atom. The van der Waals surface area contributed by atoms with E-state index in [4.69, 9.17) is 11.6 Å². The number of aromatic nitrogens is 4. The first kappa shape index (κ1) is 18.5. The highest BCUT2D eigenvalue weighted by Crippen LogP contribution is 2.38. The van der Waals surface area contributed by atoms with Crippen molar-refractivity contribution in [2.24, 2.45) is 0 Å². The minimum atomic E-state index is -0.104. The summed E-state index contributed by atoms with van der Waals surface area (Å²) < 4.78 is 0.728. The molecule has 6 nitrogen and oxygen atoms in total. The van der Waals surface area contributed by atoms with E-state index in [0.29, 0.717) is 11.7 Å². The van der Waals surface area contributed by atoms with Gasteiger partial charge in [0, 0.05) is 22.5 Å². The molecule has 5 rings (SSSR count). The van der Waals surface area contributed by atoms with E-state index in [1.165, 1.54) is 35.5 Å². The fraction of sp³-hybridized carbons (Fsp3) is 0.200. The molecule has 1 fully saturated rings. The van der Waals surface area contributed by atoms with Gasteiger partial charge in [0.1, 0.15) is 10.8 Å². The van der Waals surface area contributed by atoms with Gasteiger partial charge in [-0.15, -0.1) is 22.7 Å².